The summed E-state index contributed by atoms with van der Waals surface area (Å²) < 4.78 is 0. The minimum absolute atomic E-state index is 0.144. The number of rotatable bonds is 5. The number of carbonyl (C=O) groups is 1. The van der Waals surface area contributed by atoms with Gasteiger partial charge in [-0.1, -0.05) is 66.2 Å². The number of fused-ring (bicyclic) bond motifs is 1. The monoisotopic (exact) mass is 435 g/mol. The molecule has 0 aliphatic heterocycles. The van der Waals surface area contributed by atoms with Crippen LogP contribution in [0.1, 0.15) is 34.0 Å². The number of hydrogen-bond acceptors (Lipinski definition) is 4. The van der Waals surface area contributed by atoms with Crippen molar-refractivity contribution in [1.29, 1.82) is 0 Å². The Morgan fingerprint density at radius 3 is 2.42 bits per heavy atom. The molecule has 0 spiro atoms. The highest BCUT2D eigenvalue weighted by Gasteiger charge is 2.19. The van der Waals surface area contributed by atoms with Crippen LogP contribution in [0.15, 0.2) is 89.1 Å². The molecule has 0 bridgehead atoms. The highest BCUT2D eigenvalue weighted by atomic mass is 16.3. The second-order valence-corrected chi connectivity index (χ2v) is 7.91. The number of hydrogen-bond donors (Lipinski definition) is 2. The molecule has 0 aliphatic carbocycles. The second-order valence-electron chi connectivity index (χ2n) is 7.91. The lowest BCUT2D eigenvalue weighted by Gasteiger charge is -2.12. The van der Waals surface area contributed by atoms with Crippen LogP contribution in [0.25, 0.3) is 16.8 Å². The van der Waals surface area contributed by atoms with Gasteiger partial charge in [0.1, 0.15) is 5.69 Å². The first kappa shape index (κ1) is 22.0. The van der Waals surface area contributed by atoms with Crippen molar-refractivity contribution in [3.05, 3.63) is 101 Å². The number of azo groups is 1. The minimum Gasteiger partial charge on any atom is -0.505 e. The van der Waals surface area contributed by atoms with Crippen molar-refractivity contribution in [2.24, 2.45) is 10.2 Å². The Bertz CT molecular complexity index is 1390. The van der Waals surface area contributed by atoms with Gasteiger partial charge in [0.15, 0.2) is 5.75 Å². The summed E-state index contributed by atoms with van der Waals surface area (Å²) in [7, 11) is 0. The van der Waals surface area contributed by atoms with Crippen molar-refractivity contribution in [3.8, 4) is 5.75 Å². The van der Waals surface area contributed by atoms with E-state index in [4.69, 9.17) is 0 Å². The Morgan fingerprint density at radius 1 is 0.939 bits per heavy atom. The molecule has 0 fully saturated rings. The molecule has 0 unspecified atom stereocenters. The molecular weight excluding hydrogens is 410 g/mol. The zero-order chi connectivity index (χ0) is 23.4. The molecule has 5 heteroatoms. The molecule has 0 saturated carbocycles. The van der Waals surface area contributed by atoms with Crippen molar-refractivity contribution in [2.75, 3.05) is 5.32 Å². The van der Waals surface area contributed by atoms with Crippen LogP contribution in [0.4, 0.5) is 17.1 Å². The van der Waals surface area contributed by atoms with Gasteiger partial charge in [-0.3, -0.25) is 4.79 Å². The molecule has 0 aliphatic rings. The lowest BCUT2D eigenvalue weighted by atomic mass is 10.0. The number of allylic oxidation sites excluding steroid dienone is 1. The molecule has 4 aromatic rings. The molecule has 1 amide bonds. The van der Waals surface area contributed by atoms with Crippen LogP contribution in [0, 0.1) is 13.8 Å². The Kier molecular flexibility index (Phi) is 6.31. The summed E-state index contributed by atoms with van der Waals surface area (Å²) in [4.78, 5) is 13.1. The number of aromatic hydroxyl groups is 1. The summed E-state index contributed by atoms with van der Waals surface area (Å²) in [5.41, 5.74) is 4.88. The average molecular weight is 436 g/mol. The Labute approximate surface area is 193 Å². The van der Waals surface area contributed by atoms with E-state index in [1.165, 1.54) is 0 Å². The topological polar surface area (TPSA) is 74.0 Å². The van der Waals surface area contributed by atoms with Crippen LogP contribution >= 0.6 is 0 Å². The Morgan fingerprint density at radius 2 is 1.70 bits per heavy atom. The molecular formula is C28H25N3O2. The van der Waals surface area contributed by atoms with Crippen LogP contribution in [-0.2, 0) is 0 Å². The fourth-order valence-electron chi connectivity index (χ4n) is 3.69. The molecule has 0 aromatic heterocycles. The molecule has 0 saturated heterocycles. The number of phenols is 1. The zero-order valence-corrected chi connectivity index (χ0v) is 18.8. The number of phenolic OH excluding ortho intramolecular Hbond substituents is 1. The first-order valence-electron chi connectivity index (χ1n) is 10.7. The van der Waals surface area contributed by atoms with E-state index in [-0.39, 0.29) is 17.0 Å². The number of nitrogens with one attached hydrogen (secondary N) is 1. The van der Waals surface area contributed by atoms with Gasteiger partial charge in [0.2, 0.25) is 0 Å². The van der Waals surface area contributed by atoms with Crippen LogP contribution in [-0.4, -0.2) is 11.0 Å². The Balaban J connectivity index is 1.73. The summed E-state index contributed by atoms with van der Waals surface area (Å²) in [6.45, 7) is 5.90. The second kappa shape index (κ2) is 9.49. The third kappa shape index (κ3) is 4.83. The third-order valence-electron chi connectivity index (χ3n) is 5.39. The summed E-state index contributed by atoms with van der Waals surface area (Å²) >= 11 is 0. The molecule has 164 valence electrons. The van der Waals surface area contributed by atoms with Crippen LogP contribution < -0.4 is 5.32 Å². The molecule has 0 radical (unpaired) electrons. The summed E-state index contributed by atoms with van der Waals surface area (Å²) in [6, 6.07) is 22.5. The van der Waals surface area contributed by atoms with E-state index in [0.29, 0.717) is 16.8 Å². The number of benzene rings is 4. The highest BCUT2D eigenvalue weighted by Crippen LogP contribution is 2.39. The van der Waals surface area contributed by atoms with E-state index < -0.39 is 5.91 Å². The normalized spacial score (nSPS) is 11.5. The number of nitrogens with zero attached hydrogens (tertiary/aromatic N) is 2. The maximum absolute atomic E-state index is 13.1. The van der Waals surface area contributed by atoms with Crippen molar-refractivity contribution in [1.82, 2.24) is 0 Å². The van der Waals surface area contributed by atoms with E-state index in [0.717, 1.165) is 22.1 Å². The smallest absolute Gasteiger partial charge is 0.259 e. The van der Waals surface area contributed by atoms with E-state index in [1.54, 1.807) is 6.07 Å². The fourth-order valence-corrected chi connectivity index (χ4v) is 3.69. The summed E-state index contributed by atoms with van der Waals surface area (Å²) in [6.07, 6.45) is 3.97. The molecule has 2 N–H and O–H groups in total. The van der Waals surface area contributed by atoms with E-state index in [2.05, 4.69) is 15.5 Å². The summed E-state index contributed by atoms with van der Waals surface area (Å²) in [5.74, 6) is -0.609. The van der Waals surface area contributed by atoms with Gasteiger partial charge in [0, 0.05) is 11.1 Å². The van der Waals surface area contributed by atoms with Crippen molar-refractivity contribution in [2.45, 2.75) is 20.8 Å². The molecule has 4 aromatic carbocycles. The van der Waals surface area contributed by atoms with E-state index >= 15 is 0 Å². The van der Waals surface area contributed by atoms with Crippen molar-refractivity contribution in [3.63, 3.8) is 0 Å². The summed E-state index contributed by atoms with van der Waals surface area (Å²) in [5, 5.41) is 24.1. The van der Waals surface area contributed by atoms with Gasteiger partial charge in [0.05, 0.1) is 11.3 Å². The van der Waals surface area contributed by atoms with Crippen molar-refractivity contribution >= 4 is 39.8 Å². The average Bonchev–Trinajstić information content (AvgIpc) is 2.81. The van der Waals surface area contributed by atoms with Gasteiger partial charge in [0.25, 0.3) is 5.91 Å². The van der Waals surface area contributed by atoms with Gasteiger partial charge in [-0.25, -0.2) is 0 Å². The quantitative estimate of drug-likeness (QED) is 0.313. The predicted octanol–water partition coefficient (Wildman–Crippen LogP) is 7.86. The first-order valence-corrected chi connectivity index (χ1v) is 10.7. The minimum atomic E-state index is -0.405. The third-order valence-corrected chi connectivity index (χ3v) is 5.39. The van der Waals surface area contributed by atoms with Gasteiger partial charge < -0.3 is 10.4 Å². The number of carbonyl (C=O) groups excluding carboxylic acids is 1. The lowest BCUT2D eigenvalue weighted by molar-refractivity contribution is 0.102. The van der Waals surface area contributed by atoms with Gasteiger partial charge in [-0.15, -0.1) is 5.11 Å². The number of aryl methyl sites for hydroxylation is 2. The Hall–Kier alpha value is -4.25. The molecule has 5 nitrogen and oxygen atoms in total. The van der Waals surface area contributed by atoms with Gasteiger partial charge in [-0.05, 0) is 61.5 Å². The molecule has 0 atom stereocenters. The molecule has 4 rings (SSSR count). The number of anilines is 1. The zero-order valence-electron chi connectivity index (χ0n) is 18.8. The van der Waals surface area contributed by atoms with Gasteiger partial charge >= 0.3 is 0 Å². The maximum Gasteiger partial charge on any atom is 0.259 e. The standard InChI is InChI=1S/C28H25N3O2/c1-4-7-20-11-13-22(14-12-20)30-31-26-23-9-6-5-8-21(23)17-24(27(26)32)28(33)29-25-15-10-18(2)16-19(25)3/h4-17,32H,1-3H3,(H,29,33). The lowest BCUT2D eigenvalue weighted by Crippen LogP contribution is -2.13. The molecule has 0 heterocycles. The van der Waals surface area contributed by atoms with Crippen LogP contribution in [0.5, 0.6) is 5.75 Å². The SMILES string of the molecule is CC=Cc1ccc(N=Nc2c(O)c(C(=O)Nc3ccc(C)cc3C)cc3ccccc23)cc1. The first-order chi connectivity index (χ1) is 16.0. The highest BCUT2D eigenvalue weighted by molar-refractivity contribution is 6.12. The van der Waals surface area contributed by atoms with Crippen LogP contribution in [0.2, 0.25) is 0 Å². The van der Waals surface area contributed by atoms with Crippen LogP contribution in [0.3, 0.4) is 0 Å². The molecule has 33 heavy (non-hydrogen) atoms. The predicted molar refractivity (Wildman–Crippen MR) is 135 cm³/mol. The fraction of sp³-hybridized carbons (Fsp3) is 0.107. The van der Waals surface area contributed by atoms with Crippen molar-refractivity contribution < 1.29 is 9.90 Å². The van der Waals surface area contributed by atoms with E-state index in [9.17, 15) is 9.90 Å². The van der Waals surface area contributed by atoms with E-state index in [1.807, 2.05) is 99.7 Å². The number of amides is 1. The van der Waals surface area contributed by atoms with Gasteiger partial charge in [-0.2, -0.15) is 5.11 Å². The largest absolute Gasteiger partial charge is 0.505 e. The maximum atomic E-state index is 13.1.